The monoisotopic (exact) mass is 652 g/mol. The van der Waals surface area contributed by atoms with Gasteiger partial charge in [0.15, 0.2) is 0 Å². The van der Waals surface area contributed by atoms with Gasteiger partial charge in [-0.05, 0) is 61.8 Å². The topological polar surface area (TPSA) is 119 Å². The third kappa shape index (κ3) is 13.2. The van der Waals surface area contributed by atoms with Crippen LogP contribution in [-0.2, 0) is 18.9 Å². The first kappa shape index (κ1) is 36.6. The molecule has 4 amide bonds. The summed E-state index contributed by atoms with van der Waals surface area (Å²) in [4.78, 5) is 41.3. The smallest absolute Gasteiger partial charge is 0.409 e. The zero-order valence-corrected chi connectivity index (χ0v) is 28.6. The molecule has 0 aliphatic carbocycles. The van der Waals surface area contributed by atoms with Crippen LogP contribution in [0.25, 0.3) is 0 Å². The van der Waals surface area contributed by atoms with Gasteiger partial charge in [0, 0.05) is 66.5 Å². The molecule has 2 N–H and O–H groups in total. The number of benzene rings is 1. The quantitative estimate of drug-likeness (QED) is 0.208. The Morgan fingerprint density at radius 3 is 2.67 bits per heavy atom. The number of carbonyl (C=O) groups excluding carboxylic acids is 3. The second kappa shape index (κ2) is 18.3. The summed E-state index contributed by atoms with van der Waals surface area (Å²) >= 11 is 0. The number of urea groups is 1. The van der Waals surface area contributed by atoms with Crippen molar-refractivity contribution in [1.82, 2.24) is 20.4 Å². The van der Waals surface area contributed by atoms with Crippen molar-refractivity contribution in [3.8, 4) is 0 Å². The molecule has 2 saturated heterocycles. The summed E-state index contributed by atoms with van der Waals surface area (Å²) in [7, 11) is 1.66. The second-order valence-electron chi connectivity index (χ2n) is 13.4. The first-order valence-electron chi connectivity index (χ1n) is 16.1. The van der Waals surface area contributed by atoms with Crippen LogP contribution in [0, 0.1) is 17.7 Å². The van der Waals surface area contributed by atoms with E-state index in [2.05, 4.69) is 35.0 Å². The van der Waals surface area contributed by atoms with Gasteiger partial charge in [0.1, 0.15) is 5.82 Å². The number of rotatable bonds is 14. The number of nitrogens with zero attached hydrogens (tertiary/aromatic N) is 2. The van der Waals surface area contributed by atoms with Crippen molar-refractivity contribution in [3.63, 3.8) is 0 Å². The summed E-state index contributed by atoms with van der Waals surface area (Å²) in [5.41, 5.74) is 0.685. The number of nitrogens with one attached hydrogen (secondary N) is 2. The molecule has 45 heavy (non-hydrogen) atoms. The average Bonchev–Trinajstić information content (AvgIpc) is 3.00. The van der Waals surface area contributed by atoms with E-state index >= 15 is 0 Å². The predicted molar refractivity (Wildman–Crippen MR) is 172 cm³/mol. The summed E-state index contributed by atoms with van der Waals surface area (Å²) in [5.74, 6) is -0.158. The molecule has 1 aromatic rings. The van der Waals surface area contributed by atoms with Crippen molar-refractivity contribution in [1.29, 1.82) is 0 Å². The van der Waals surface area contributed by atoms with E-state index in [9.17, 15) is 18.8 Å². The SMILES string of the molecule is COC(=O)NCCO[C@@H](c1cccc(F)c1)[C@@H]1CCCN(C(=O)N[C@@H](CC2CCCOC2)CN(C)C(=O)OCC[Si](C)(C)C)C1. The summed E-state index contributed by atoms with van der Waals surface area (Å²) in [6.45, 7) is 10.3. The molecule has 2 fully saturated rings. The molecule has 0 spiro atoms. The Morgan fingerprint density at radius 2 is 1.98 bits per heavy atom. The van der Waals surface area contributed by atoms with Crippen LogP contribution in [0.15, 0.2) is 24.3 Å². The minimum absolute atomic E-state index is 0.0846. The van der Waals surface area contributed by atoms with Gasteiger partial charge in [-0.2, -0.15) is 0 Å². The maximum Gasteiger partial charge on any atom is 0.409 e. The molecule has 4 atom stereocenters. The Kier molecular flexibility index (Phi) is 14.9. The van der Waals surface area contributed by atoms with Crippen LogP contribution in [0.5, 0.6) is 0 Å². The van der Waals surface area contributed by atoms with Gasteiger partial charge in [-0.1, -0.05) is 31.8 Å². The van der Waals surface area contributed by atoms with E-state index < -0.39 is 20.3 Å². The zero-order chi connectivity index (χ0) is 32.8. The largest absolute Gasteiger partial charge is 0.453 e. The van der Waals surface area contributed by atoms with Crippen LogP contribution in [0.4, 0.5) is 18.8 Å². The number of alkyl carbamates (subject to hydrolysis) is 1. The average molecular weight is 653 g/mol. The maximum absolute atomic E-state index is 14.2. The molecule has 254 valence electrons. The van der Waals surface area contributed by atoms with E-state index in [0.717, 1.165) is 38.3 Å². The summed E-state index contributed by atoms with van der Waals surface area (Å²) in [5, 5.41) is 5.80. The second-order valence-corrected chi connectivity index (χ2v) is 19.0. The number of hydrogen-bond donors (Lipinski definition) is 2. The van der Waals surface area contributed by atoms with E-state index in [1.165, 1.54) is 19.2 Å². The van der Waals surface area contributed by atoms with E-state index in [-0.39, 0.29) is 43.1 Å². The fraction of sp³-hybridized carbons (Fsp3) is 0.719. The van der Waals surface area contributed by atoms with E-state index in [0.29, 0.717) is 50.8 Å². The lowest BCUT2D eigenvalue weighted by molar-refractivity contribution is -0.00897. The van der Waals surface area contributed by atoms with Gasteiger partial charge in [-0.15, -0.1) is 0 Å². The van der Waals surface area contributed by atoms with Gasteiger partial charge >= 0.3 is 18.2 Å². The lowest BCUT2D eigenvalue weighted by Crippen LogP contribution is -2.53. The van der Waals surface area contributed by atoms with Crippen molar-refractivity contribution in [2.75, 3.05) is 66.8 Å². The van der Waals surface area contributed by atoms with Crippen LogP contribution in [0.1, 0.15) is 43.8 Å². The molecule has 3 rings (SSSR count). The highest BCUT2D eigenvalue weighted by Crippen LogP contribution is 2.33. The van der Waals surface area contributed by atoms with Crippen LogP contribution >= 0.6 is 0 Å². The van der Waals surface area contributed by atoms with Crippen LogP contribution in [0.2, 0.25) is 25.7 Å². The highest BCUT2D eigenvalue weighted by molar-refractivity contribution is 6.76. The molecule has 0 saturated carbocycles. The first-order valence-corrected chi connectivity index (χ1v) is 19.9. The molecule has 11 nitrogen and oxygen atoms in total. The predicted octanol–water partition coefficient (Wildman–Crippen LogP) is 5.25. The molecule has 0 aromatic heterocycles. The molecule has 0 bridgehead atoms. The number of likely N-dealkylation sites (tertiary alicyclic amines) is 1. The van der Waals surface area contributed by atoms with Gasteiger partial charge in [0.25, 0.3) is 0 Å². The minimum atomic E-state index is -1.34. The molecule has 2 aliphatic rings. The molecule has 1 unspecified atom stereocenters. The number of methoxy groups -OCH3 is 1. The summed E-state index contributed by atoms with van der Waals surface area (Å²) < 4.78 is 36.3. The fourth-order valence-corrected chi connectivity index (χ4v) is 6.56. The summed E-state index contributed by atoms with van der Waals surface area (Å²) in [6, 6.07) is 6.72. The van der Waals surface area contributed by atoms with Crippen molar-refractivity contribution in [2.24, 2.45) is 11.8 Å². The van der Waals surface area contributed by atoms with Gasteiger partial charge in [0.2, 0.25) is 0 Å². The Hall–Kier alpha value is -2.90. The third-order valence-corrected chi connectivity index (χ3v) is 9.99. The number of piperidine rings is 1. The molecule has 1 aromatic carbocycles. The Balaban J connectivity index is 1.66. The summed E-state index contributed by atoms with van der Waals surface area (Å²) in [6.07, 6.45) is 2.83. The van der Waals surface area contributed by atoms with Gasteiger partial charge in [-0.3, -0.25) is 0 Å². The molecular weight excluding hydrogens is 599 g/mol. The maximum atomic E-state index is 14.2. The fourth-order valence-electron chi connectivity index (χ4n) is 5.84. The Morgan fingerprint density at radius 1 is 1.18 bits per heavy atom. The van der Waals surface area contributed by atoms with Crippen molar-refractivity contribution in [3.05, 3.63) is 35.6 Å². The lowest BCUT2D eigenvalue weighted by Gasteiger charge is -2.38. The van der Waals surface area contributed by atoms with E-state index in [1.54, 1.807) is 22.9 Å². The standard InChI is InChI=1S/C32H53FN4O7Si/c1-36(32(40)44-17-18-45(3,4)5)22-28(19-24-9-8-15-42-23-24)35-30(38)37-14-7-11-26(21-37)29(25-10-6-12-27(33)20-25)43-16-13-34-31(39)41-2/h6,10,12,20,24,26,28-29H,7-9,11,13-19,21-23H2,1-5H3,(H,34,39)(H,35,38)/t24?,26-,28+,29+/m1/s1. The van der Waals surface area contributed by atoms with Crippen molar-refractivity contribution < 1.29 is 37.7 Å². The number of carbonyl (C=O) groups is 3. The lowest BCUT2D eigenvalue weighted by atomic mass is 9.88. The Labute approximate surface area is 268 Å². The highest BCUT2D eigenvalue weighted by atomic mass is 28.3. The van der Waals surface area contributed by atoms with Crippen LogP contribution in [0.3, 0.4) is 0 Å². The van der Waals surface area contributed by atoms with Gasteiger partial charge in [0.05, 0.1) is 26.4 Å². The molecule has 0 radical (unpaired) electrons. The molecular formula is C32H53FN4O7Si. The number of halogens is 1. The van der Waals surface area contributed by atoms with Crippen molar-refractivity contribution in [2.45, 2.75) is 69.9 Å². The normalized spacial score (nSPS) is 20.1. The van der Waals surface area contributed by atoms with Crippen LogP contribution < -0.4 is 10.6 Å². The zero-order valence-electron chi connectivity index (χ0n) is 27.6. The van der Waals surface area contributed by atoms with Gasteiger partial charge < -0.3 is 39.4 Å². The molecule has 2 aliphatic heterocycles. The number of hydrogen-bond acceptors (Lipinski definition) is 7. The minimum Gasteiger partial charge on any atom is -0.453 e. The first-order chi connectivity index (χ1) is 21.4. The van der Waals surface area contributed by atoms with E-state index in [4.69, 9.17) is 14.2 Å². The number of ether oxygens (including phenoxy) is 4. The number of likely N-dealkylation sites (N-methyl/N-ethyl adjacent to an activating group) is 1. The van der Waals surface area contributed by atoms with Crippen molar-refractivity contribution >= 4 is 26.3 Å². The molecule has 2 heterocycles. The van der Waals surface area contributed by atoms with Crippen LogP contribution in [-0.4, -0.2) is 109 Å². The Bertz CT molecular complexity index is 1090. The van der Waals surface area contributed by atoms with Gasteiger partial charge in [-0.25, -0.2) is 18.8 Å². The number of amides is 4. The third-order valence-electron chi connectivity index (χ3n) is 8.29. The highest BCUT2D eigenvalue weighted by Gasteiger charge is 2.33. The van der Waals surface area contributed by atoms with E-state index in [1.807, 2.05) is 6.07 Å². The molecule has 13 heteroatoms.